The van der Waals surface area contributed by atoms with Gasteiger partial charge < -0.3 is 0 Å². The van der Waals surface area contributed by atoms with Gasteiger partial charge in [0.25, 0.3) is 0 Å². The highest BCUT2D eigenvalue weighted by Gasteiger charge is 2.06. The molecule has 2 aromatic carbocycles. The zero-order chi connectivity index (χ0) is 12.9. The summed E-state index contributed by atoms with van der Waals surface area (Å²) in [6.45, 7) is 3.91. The third kappa shape index (κ3) is 1.82. The van der Waals surface area contributed by atoms with E-state index in [4.69, 9.17) is 23.2 Å². The highest BCUT2D eigenvalue weighted by molar-refractivity contribution is 6.32. The van der Waals surface area contributed by atoms with E-state index in [0.29, 0.717) is 10.0 Å². The molecule has 0 radical (unpaired) electrons. The molecule has 0 spiro atoms. The molecule has 4 heteroatoms. The van der Waals surface area contributed by atoms with Crippen molar-refractivity contribution in [3.8, 4) is 0 Å². The second-order valence-corrected chi connectivity index (χ2v) is 5.22. The standard InChI is InChI=1S/C14H10Cl2N2/c1-7-3-11-13(5-9(7)15)18-12-4-8(2)10(16)6-14(12)17-11/h3-6H,1-2H3. The third-order valence-electron chi connectivity index (χ3n) is 2.99. The van der Waals surface area contributed by atoms with Gasteiger partial charge in [-0.15, -0.1) is 0 Å². The van der Waals surface area contributed by atoms with Gasteiger partial charge in [-0.1, -0.05) is 23.2 Å². The van der Waals surface area contributed by atoms with Gasteiger partial charge in [-0.3, -0.25) is 0 Å². The van der Waals surface area contributed by atoms with E-state index in [0.717, 1.165) is 33.2 Å². The molecule has 0 unspecified atom stereocenters. The third-order valence-corrected chi connectivity index (χ3v) is 3.81. The molecule has 0 amide bonds. The van der Waals surface area contributed by atoms with Crippen molar-refractivity contribution in [2.45, 2.75) is 13.8 Å². The van der Waals surface area contributed by atoms with Crippen LogP contribution in [-0.2, 0) is 0 Å². The molecule has 1 aromatic heterocycles. The topological polar surface area (TPSA) is 25.8 Å². The Kier molecular flexibility index (Phi) is 2.65. The van der Waals surface area contributed by atoms with Crippen LogP contribution in [0, 0.1) is 13.8 Å². The first-order valence-electron chi connectivity index (χ1n) is 5.58. The first-order valence-corrected chi connectivity index (χ1v) is 6.34. The number of aromatic nitrogens is 2. The van der Waals surface area contributed by atoms with Crippen molar-refractivity contribution in [1.29, 1.82) is 0 Å². The molecule has 0 aliphatic rings. The average Bonchev–Trinajstić information content (AvgIpc) is 2.31. The van der Waals surface area contributed by atoms with Gasteiger partial charge in [0.05, 0.1) is 22.1 Å². The second-order valence-electron chi connectivity index (χ2n) is 4.40. The molecule has 0 fully saturated rings. The summed E-state index contributed by atoms with van der Waals surface area (Å²) in [5, 5.41) is 1.42. The monoisotopic (exact) mass is 276 g/mol. The molecule has 18 heavy (non-hydrogen) atoms. The molecule has 0 saturated heterocycles. The molecular weight excluding hydrogens is 267 g/mol. The Morgan fingerprint density at radius 2 is 1.00 bits per heavy atom. The van der Waals surface area contributed by atoms with Crippen LogP contribution in [0.5, 0.6) is 0 Å². The second kappa shape index (κ2) is 4.08. The van der Waals surface area contributed by atoms with E-state index in [9.17, 15) is 0 Å². The predicted molar refractivity (Wildman–Crippen MR) is 76.5 cm³/mol. The van der Waals surface area contributed by atoms with E-state index < -0.39 is 0 Å². The van der Waals surface area contributed by atoms with Gasteiger partial charge in [0.2, 0.25) is 0 Å². The van der Waals surface area contributed by atoms with E-state index in [-0.39, 0.29) is 0 Å². The van der Waals surface area contributed by atoms with Crippen LogP contribution in [0.4, 0.5) is 0 Å². The molecule has 3 rings (SSSR count). The Bertz CT molecular complexity index is 653. The lowest BCUT2D eigenvalue weighted by Crippen LogP contribution is -1.90. The molecule has 2 nitrogen and oxygen atoms in total. The fraction of sp³-hybridized carbons (Fsp3) is 0.143. The SMILES string of the molecule is Cc1cc2nc3cc(Cl)c(C)cc3nc2cc1Cl. The summed E-state index contributed by atoms with van der Waals surface area (Å²) in [4.78, 5) is 9.15. The van der Waals surface area contributed by atoms with E-state index in [1.807, 2.05) is 38.1 Å². The molecule has 3 aromatic rings. The molecule has 1 heterocycles. The minimum Gasteiger partial charge on any atom is -0.244 e. The van der Waals surface area contributed by atoms with E-state index in [1.165, 1.54) is 0 Å². The summed E-state index contributed by atoms with van der Waals surface area (Å²) in [6.07, 6.45) is 0. The normalized spacial score (nSPS) is 11.3. The Labute approximate surface area is 115 Å². The zero-order valence-electron chi connectivity index (χ0n) is 9.96. The largest absolute Gasteiger partial charge is 0.244 e. The maximum atomic E-state index is 6.11. The number of fused-ring (bicyclic) bond motifs is 2. The fourth-order valence-corrected chi connectivity index (χ4v) is 2.25. The van der Waals surface area contributed by atoms with Gasteiger partial charge in [-0.2, -0.15) is 0 Å². The predicted octanol–water partition coefficient (Wildman–Crippen LogP) is 4.71. The van der Waals surface area contributed by atoms with Gasteiger partial charge in [-0.25, -0.2) is 9.97 Å². The summed E-state index contributed by atoms with van der Waals surface area (Å²) >= 11 is 12.2. The van der Waals surface area contributed by atoms with Crippen molar-refractivity contribution >= 4 is 45.3 Å². The van der Waals surface area contributed by atoms with Crippen molar-refractivity contribution in [2.24, 2.45) is 0 Å². The summed E-state index contributed by atoms with van der Waals surface area (Å²) in [6, 6.07) is 7.58. The van der Waals surface area contributed by atoms with Gasteiger partial charge in [0, 0.05) is 10.0 Å². The van der Waals surface area contributed by atoms with Crippen molar-refractivity contribution in [1.82, 2.24) is 9.97 Å². The maximum absolute atomic E-state index is 6.11. The van der Waals surface area contributed by atoms with E-state index >= 15 is 0 Å². The number of nitrogens with zero attached hydrogens (tertiary/aromatic N) is 2. The van der Waals surface area contributed by atoms with Crippen molar-refractivity contribution in [3.05, 3.63) is 45.4 Å². The molecule has 0 aliphatic heterocycles. The Morgan fingerprint density at radius 1 is 0.667 bits per heavy atom. The highest BCUT2D eigenvalue weighted by Crippen LogP contribution is 2.26. The first kappa shape index (κ1) is 11.7. The quantitative estimate of drug-likeness (QED) is 0.556. The number of aryl methyl sites for hydroxylation is 2. The van der Waals surface area contributed by atoms with Gasteiger partial charge in [0.15, 0.2) is 0 Å². The van der Waals surface area contributed by atoms with Crippen molar-refractivity contribution < 1.29 is 0 Å². The molecule has 0 aliphatic carbocycles. The van der Waals surface area contributed by atoms with Gasteiger partial charge >= 0.3 is 0 Å². The molecule has 0 bridgehead atoms. The number of benzene rings is 2. The Morgan fingerprint density at radius 3 is 1.39 bits per heavy atom. The lowest BCUT2D eigenvalue weighted by atomic mass is 10.1. The highest BCUT2D eigenvalue weighted by atomic mass is 35.5. The van der Waals surface area contributed by atoms with Crippen LogP contribution in [0.3, 0.4) is 0 Å². The smallest absolute Gasteiger partial charge is 0.0909 e. The van der Waals surface area contributed by atoms with Gasteiger partial charge in [0.1, 0.15) is 0 Å². The fourth-order valence-electron chi connectivity index (χ4n) is 1.93. The molecule has 0 atom stereocenters. The number of hydrogen-bond acceptors (Lipinski definition) is 2. The van der Waals surface area contributed by atoms with Crippen molar-refractivity contribution in [3.63, 3.8) is 0 Å². The number of rotatable bonds is 0. The Balaban J connectivity index is 2.43. The van der Waals surface area contributed by atoms with Crippen LogP contribution < -0.4 is 0 Å². The van der Waals surface area contributed by atoms with Crippen LogP contribution in [0.1, 0.15) is 11.1 Å². The van der Waals surface area contributed by atoms with E-state index in [1.54, 1.807) is 0 Å². The summed E-state index contributed by atoms with van der Waals surface area (Å²) in [7, 11) is 0. The average molecular weight is 277 g/mol. The van der Waals surface area contributed by atoms with Crippen LogP contribution in [0.15, 0.2) is 24.3 Å². The molecular formula is C14H10Cl2N2. The van der Waals surface area contributed by atoms with Gasteiger partial charge in [-0.05, 0) is 49.2 Å². The van der Waals surface area contributed by atoms with E-state index in [2.05, 4.69) is 9.97 Å². The minimum atomic E-state index is 0.710. The summed E-state index contributed by atoms with van der Waals surface area (Å²) in [5.74, 6) is 0. The van der Waals surface area contributed by atoms with Crippen LogP contribution in [0.2, 0.25) is 10.0 Å². The van der Waals surface area contributed by atoms with Crippen LogP contribution >= 0.6 is 23.2 Å². The van der Waals surface area contributed by atoms with Crippen molar-refractivity contribution in [2.75, 3.05) is 0 Å². The number of hydrogen-bond donors (Lipinski definition) is 0. The number of halogens is 2. The molecule has 0 saturated carbocycles. The lowest BCUT2D eigenvalue weighted by Gasteiger charge is -2.05. The van der Waals surface area contributed by atoms with Crippen LogP contribution in [0.25, 0.3) is 22.1 Å². The summed E-state index contributed by atoms with van der Waals surface area (Å²) in [5.41, 5.74) is 5.28. The first-order chi connectivity index (χ1) is 8.54. The maximum Gasteiger partial charge on any atom is 0.0909 e. The molecule has 0 N–H and O–H groups in total. The molecule has 90 valence electrons. The van der Waals surface area contributed by atoms with Crippen LogP contribution in [-0.4, -0.2) is 9.97 Å². The summed E-state index contributed by atoms with van der Waals surface area (Å²) < 4.78 is 0. The minimum absolute atomic E-state index is 0.710. The lowest BCUT2D eigenvalue weighted by molar-refractivity contribution is 1.35. The Hall–Kier alpha value is -1.38. The zero-order valence-corrected chi connectivity index (χ0v) is 11.5.